The van der Waals surface area contributed by atoms with Crippen molar-refractivity contribution < 1.29 is 4.79 Å². The normalized spacial score (nSPS) is 23.0. The van der Waals surface area contributed by atoms with Crippen LogP contribution in [0, 0.1) is 5.92 Å². The van der Waals surface area contributed by atoms with Crippen molar-refractivity contribution in [2.75, 3.05) is 26.2 Å². The Morgan fingerprint density at radius 1 is 1.09 bits per heavy atom. The van der Waals surface area contributed by atoms with Crippen LogP contribution < -0.4 is 0 Å². The van der Waals surface area contributed by atoms with E-state index in [1.807, 2.05) is 12.1 Å². The Kier molecular flexibility index (Phi) is 5.84. The molecule has 2 heterocycles. The van der Waals surface area contributed by atoms with Gasteiger partial charge in [-0.1, -0.05) is 29.3 Å². The fourth-order valence-corrected chi connectivity index (χ4v) is 4.13. The van der Waals surface area contributed by atoms with Gasteiger partial charge in [-0.15, -0.1) is 0 Å². The van der Waals surface area contributed by atoms with E-state index in [4.69, 9.17) is 23.2 Å². The van der Waals surface area contributed by atoms with E-state index in [-0.39, 0.29) is 5.92 Å². The van der Waals surface area contributed by atoms with E-state index in [0.29, 0.717) is 16.0 Å². The molecule has 126 valence electrons. The van der Waals surface area contributed by atoms with Gasteiger partial charge in [0.15, 0.2) is 0 Å². The average molecular weight is 355 g/mol. The molecule has 3 rings (SSSR count). The van der Waals surface area contributed by atoms with Crippen LogP contribution in [-0.2, 0) is 11.3 Å². The highest BCUT2D eigenvalue weighted by Crippen LogP contribution is 2.26. The van der Waals surface area contributed by atoms with Crippen molar-refractivity contribution in [1.82, 2.24) is 9.80 Å². The van der Waals surface area contributed by atoms with E-state index in [9.17, 15) is 4.79 Å². The van der Waals surface area contributed by atoms with Crippen molar-refractivity contribution in [3.8, 4) is 0 Å². The van der Waals surface area contributed by atoms with E-state index in [2.05, 4.69) is 9.80 Å². The summed E-state index contributed by atoms with van der Waals surface area (Å²) in [5.41, 5.74) is 1.09. The van der Waals surface area contributed by atoms with Crippen LogP contribution in [0.1, 0.15) is 37.7 Å². The first-order valence-electron chi connectivity index (χ1n) is 8.58. The summed E-state index contributed by atoms with van der Waals surface area (Å²) in [5, 5.41) is 1.37. The van der Waals surface area contributed by atoms with Gasteiger partial charge in [-0.05, 0) is 56.3 Å². The number of halogens is 2. The Bertz CT molecular complexity index is 558. The maximum atomic E-state index is 12.7. The van der Waals surface area contributed by atoms with Crippen LogP contribution >= 0.6 is 23.2 Å². The lowest BCUT2D eigenvalue weighted by Gasteiger charge is -2.36. The van der Waals surface area contributed by atoms with Crippen LogP contribution in [0.2, 0.25) is 10.0 Å². The number of benzene rings is 1. The lowest BCUT2D eigenvalue weighted by atomic mass is 9.95. The molecule has 0 spiro atoms. The molecule has 0 N–H and O–H groups in total. The number of hydrogen-bond acceptors (Lipinski definition) is 2. The fourth-order valence-electron chi connectivity index (χ4n) is 3.66. The number of likely N-dealkylation sites (tertiary alicyclic amines) is 2. The van der Waals surface area contributed by atoms with Gasteiger partial charge in [0.05, 0.1) is 5.92 Å². The number of rotatable bonds is 3. The molecule has 2 fully saturated rings. The van der Waals surface area contributed by atoms with Crippen LogP contribution in [0.3, 0.4) is 0 Å². The molecule has 23 heavy (non-hydrogen) atoms. The lowest BCUT2D eigenvalue weighted by molar-refractivity contribution is -0.138. The molecule has 1 amide bonds. The zero-order chi connectivity index (χ0) is 16.2. The standard InChI is InChI=1S/C18H24Cl2N2O/c19-16-7-6-14(17(20)11-16)12-21-8-4-5-15(13-21)18(23)22-9-2-1-3-10-22/h6-7,11,15H,1-5,8-10,12-13H2/t15-/m0/s1. The molecule has 0 bridgehead atoms. The first kappa shape index (κ1) is 17.1. The van der Waals surface area contributed by atoms with Crippen molar-refractivity contribution in [1.29, 1.82) is 0 Å². The first-order valence-corrected chi connectivity index (χ1v) is 9.34. The van der Waals surface area contributed by atoms with E-state index < -0.39 is 0 Å². The van der Waals surface area contributed by atoms with Crippen molar-refractivity contribution in [2.45, 2.75) is 38.6 Å². The summed E-state index contributed by atoms with van der Waals surface area (Å²) in [6.07, 6.45) is 5.66. The predicted octanol–water partition coefficient (Wildman–Crippen LogP) is 4.22. The quantitative estimate of drug-likeness (QED) is 0.811. The summed E-state index contributed by atoms with van der Waals surface area (Å²) in [5.74, 6) is 0.504. The van der Waals surface area contributed by atoms with Gasteiger partial charge in [-0.3, -0.25) is 9.69 Å². The fraction of sp³-hybridized carbons (Fsp3) is 0.611. The monoisotopic (exact) mass is 354 g/mol. The molecule has 0 unspecified atom stereocenters. The highest BCUT2D eigenvalue weighted by Gasteiger charge is 2.30. The van der Waals surface area contributed by atoms with E-state index in [0.717, 1.165) is 64.0 Å². The SMILES string of the molecule is O=C([C@H]1CCCN(Cc2ccc(Cl)cc2Cl)C1)N1CCCCC1. The Hall–Kier alpha value is -0.770. The van der Waals surface area contributed by atoms with Gasteiger partial charge < -0.3 is 4.90 Å². The summed E-state index contributed by atoms with van der Waals surface area (Å²) in [4.78, 5) is 17.1. The predicted molar refractivity (Wildman–Crippen MR) is 94.9 cm³/mol. The molecule has 3 nitrogen and oxygen atoms in total. The molecule has 2 saturated heterocycles. The van der Waals surface area contributed by atoms with Gasteiger partial charge in [0.25, 0.3) is 0 Å². The second-order valence-electron chi connectivity index (χ2n) is 6.70. The third-order valence-electron chi connectivity index (χ3n) is 4.93. The summed E-state index contributed by atoms with van der Waals surface area (Å²) in [7, 11) is 0. The number of carbonyl (C=O) groups is 1. The molecule has 5 heteroatoms. The molecule has 1 aromatic carbocycles. The molecular formula is C18H24Cl2N2O. The van der Waals surface area contributed by atoms with E-state index in [1.54, 1.807) is 6.07 Å². The first-order chi connectivity index (χ1) is 11.1. The van der Waals surface area contributed by atoms with Gasteiger partial charge in [0.2, 0.25) is 5.91 Å². The van der Waals surface area contributed by atoms with Gasteiger partial charge in [0.1, 0.15) is 0 Å². The highest BCUT2D eigenvalue weighted by molar-refractivity contribution is 6.35. The van der Waals surface area contributed by atoms with Gasteiger partial charge >= 0.3 is 0 Å². The molecule has 0 aromatic heterocycles. The molecule has 1 atom stereocenters. The summed E-state index contributed by atoms with van der Waals surface area (Å²) in [6, 6.07) is 5.66. The third-order valence-corrected chi connectivity index (χ3v) is 5.52. The topological polar surface area (TPSA) is 23.6 Å². The molecule has 0 aliphatic carbocycles. The van der Waals surface area contributed by atoms with Crippen molar-refractivity contribution in [3.05, 3.63) is 33.8 Å². The Morgan fingerprint density at radius 3 is 2.61 bits per heavy atom. The Labute approximate surface area is 148 Å². The van der Waals surface area contributed by atoms with Crippen LogP contribution in [0.25, 0.3) is 0 Å². The molecular weight excluding hydrogens is 331 g/mol. The minimum atomic E-state index is 0.146. The van der Waals surface area contributed by atoms with Crippen molar-refractivity contribution in [3.63, 3.8) is 0 Å². The summed E-state index contributed by atoms with van der Waals surface area (Å²) in [6.45, 7) is 4.55. The minimum absolute atomic E-state index is 0.146. The Morgan fingerprint density at radius 2 is 1.87 bits per heavy atom. The number of piperidine rings is 2. The third kappa shape index (κ3) is 4.40. The highest BCUT2D eigenvalue weighted by atomic mass is 35.5. The molecule has 2 aliphatic heterocycles. The number of amides is 1. The van der Waals surface area contributed by atoms with Crippen molar-refractivity contribution >= 4 is 29.1 Å². The zero-order valence-electron chi connectivity index (χ0n) is 13.4. The summed E-state index contributed by atoms with van der Waals surface area (Å²) < 4.78 is 0. The molecule has 1 aromatic rings. The number of nitrogens with zero attached hydrogens (tertiary/aromatic N) is 2. The largest absolute Gasteiger partial charge is 0.342 e. The number of hydrogen-bond donors (Lipinski definition) is 0. The van der Waals surface area contributed by atoms with E-state index >= 15 is 0 Å². The second kappa shape index (κ2) is 7.87. The Balaban J connectivity index is 1.60. The van der Waals surface area contributed by atoms with Crippen LogP contribution in [0.5, 0.6) is 0 Å². The van der Waals surface area contributed by atoms with Gasteiger partial charge in [-0.2, -0.15) is 0 Å². The smallest absolute Gasteiger partial charge is 0.226 e. The van der Waals surface area contributed by atoms with Crippen LogP contribution in [0.15, 0.2) is 18.2 Å². The van der Waals surface area contributed by atoms with Gasteiger partial charge in [-0.25, -0.2) is 0 Å². The second-order valence-corrected chi connectivity index (χ2v) is 7.54. The number of carbonyl (C=O) groups excluding carboxylic acids is 1. The zero-order valence-corrected chi connectivity index (χ0v) is 15.0. The van der Waals surface area contributed by atoms with Crippen molar-refractivity contribution in [2.24, 2.45) is 5.92 Å². The maximum absolute atomic E-state index is 12.7. The van der Waals surface area contributed by atoms with Crippen LogP contribution in [0.4, 0.5) is 0 Å². The molecule has 0 saturated carbocycles. The molecule has 0 radical (unpaired) electrons. The average Bonchev–Trinajstić information content (AvgIpc) is 2.58. The lowest BCUT2D eigenvalue weighted by Crippen LogP contribution is -2.46. The summed E-state index contributed by atoms with van der Waals surface area (Å²) >= 11 is 12.2. The van der Waals surface area contributed by atoms with Gasteiger partial charge in [0, 0.05) is 36.2 Å². The van der Waals surface area contributed by atoms with E-state index in [1.165, 1.54) is 6.42 Å². The minimum Gasteiger partial charge on any atom is -0.342 e. The maximum Gasteiger partial charge on any atom is 0.226 e. The molecule has 2 aliphatic rings. The van der Waals surface area contributed by atoms with Crippen LogP contribution in [-0.4, -0.2) is 41.9 Å².